The molecule has 8 nitrogen and oxygen atoms in total. The molecule has 0 saturated heterocycles. The van der Waals surface area contributed by atoms with Gasteiger partial charge in [-0.2, -0.15) is 0 Å². The molecule has 0 aromatic carbocycles. The van der Waals surface area contributed by atoms with E-state index < -0.39 is 24.5 Å². The van der Waals surface area contributed by atoms with Crippen LogP contribution in [0.4, 0.5) is 0 Å². The van der Waals surface area contributed by atoms with E-state index in [9.17, 15) is 9.59 Å². The molecule has 0 spiro atoms. The number of aliphatic hydroxyl groups excluding tert-OH is 1. The van der Waals surface area contributed by atoms with E-state index >= 15 is 0 Å². The predicted molar refractivity (Wildman–Crippen MR) is 81.7 cm³/mol. The average molecular weight is 321 g/mol. The number of aromatic nitrogens is 2. The zero-order chi connectivity index (χ0) is 17.0. The fraction of sp³-hybridized carbons (Fsp3) is 0.400. The van der Waals surface area contributed by atoms with Gasteiger partial charge in [-0.15, -0.1) is 0 Å². The van der Waals surface area contributed by atoms with Crippen molar-refractivity contribution >= 4 is 17.5 Å². The summed E-state index contributed by atoms with van der Waals surface area (Å²) in [4.78, 5) is 27.8. The van der Waals surface area contributed by atoms with Crippen molar-refractivity contribution in [3.05, 3.63) is 29.7 Å². The molecule has 0 aliphatic rings. The number of aliphatic carboxylic acids is 1. The van der Waals surface area contributed by atoms with E-state index in [-0.39, 0.29) is 5.69 Å². The number of aryl methyl sites for hydroxylation is 1. The van der Waals surface area contributed by atoms with Gasteiger partial charge in [-0.05, 0) is 25.5 Å². The lowest BCUT2D eigenvalue weighted by molar-refractivity contribution is -0.140. The van der Waals surface area contributed by atoms with E-state index in [0.29, 0.717) is 30.1 Å². The molecule has 2 aromatic rings. The van der Waals surface area contributed by atoms with Crippen molar-refractivity contribution in [2.45, 2.75) is 26.3 Å². The molecule has 2 aromatic heterocycles. The monoisotopic (exact) mass is 321 g/mol. The van der Waals surface area contributed by atoms with Crippen LogP contribution in [-0.2, 0) is 11.2 Å². The summed E-state index contributed by atoms with van der Waals surface area (Å²) in [6.45, 7) is 3.46. The number of rotatable bonds is 7. The molecule has 23 heavy (non-hydrogen) atoms. The molecule has 0 fully saturated rings. The normalized spacial score (nSPS) is 12.1. The molecule has 0 saturated carbocycles. The first-order valence-corrected chi connectivity index (χ1v) is 7.30. The first-order valence-electron chi connectivity index (χ1n) is 7.30. The van der Waals surface area contributed by atoms with Gasteiger partial charge in [-0.25, -0.2) is 9.78 Å². The smallest absolute Gasteiger partial charge is 0.328 e. The molecule has 2 heterocycles. The number of imidazole rings is 1. The zero-order valence-electron chi connectivity index (χ0n) is 12.9. The summed E-state index contributed by atoms with van der Waals surface area (Å²) < 4.78 is 7.07. The molecular weight excluding hydrogens is 302 g/mol. The van der Waals surface area contributed by atoms with Crippen LogP contribution in [0.3, 0.4) is 0 Å². The van der Waals surface area contributed by atoms with Crippen LogP contribution in [-0.4, -0.2) is 50.7 Å². The molecular formula is C15H19N3O5. The summed E-state index contributed by atoms with van der Waals surface area (Å²) >= 11 is 0. The minimum atomic E-state index is -1.37. The van der Waals surface area contributed by atoms with Crippen LogP contribution in [0, 0.1) is 0 Å². The molecule has 8 heteroatoms. The molecule has 124 valence electrons. The number of carboxylic acid groups (broad SMARTS) is 1. The van der Waals surface area contributed by atoms with E-state index in [2.05, 4.69) is 10.3 Å². The minimum Gasteiger partial charge on any atom is -0.490 e. The van der Waals surface area contributed by atoms with E-state index in [1.165, 1.54) is 0 Å². The van der Waals surface area contributed by atoms with Crippen molar-refractivity contribution < 1.29 is 24.5 Å². The molecule has 0 aliphatic heterocycles. The van der Waals surface area contributed by atoms with Gasteiger partial charge in [0.1, 0.15) is 5.69 Å². The van der Waals surface area contributed by atoms with Crippen molar-refractivity contribution in [1.82, 2.24) is 14.7 Å². The first-order chi connectivity index (χ1) is 11.0. The van der Waals surface area contributed by atoms with E-state index in [1.54, 1.807) is 22.7 Å². The largest absolute Gasteiger partial charge is 0.490 e. The maximum Gasteiger partial charge on any atom is 0.328 e. The average Bonchev–Trinajstić information content (AvgIpc) is 2.92. The van der Waals surface area contributed by atoms with Crippen molar-refractivity contribution in [2.24, 2.45) is 0 Å². The van der Waals surface area contributed by atoms with E-state index in [0.717, 1.165) is 0 Å². The zero-order valence-corrected chi connectivity index (χ0v) is 12.9. The Hall–Kier alpha value is -2.61. The quantitative estimate of drug-likeness (QED) is 0.683. The van der Waals surface area contributed by atoms with Gasteiger partial charge in [0.05, 0.1) is 18.9 Å². The lowest BCUT2D eigenvalue weighted by Crippen LogP contribution is -2.43. The van der Waals surface area contributed by atoms with Gasteiger partial charge < -0.3 is 20.3 Å². The Labute approximate surface area is 132 Å². The first kappa shape index (κ1) is 16.8. The highest BCUT2D eigenvalue weighted by atomic mass is 16.5. The topological polar surface area (TPSA) is 113 Å². The number of nitrogens with zero attached hydrogens (tertiary/aromatic N) is 2. The van der Waals surface area contributed by atoms with Gasteiger partial charge in [0.25, 0.3) is 5.91 Å². The number of carbonyl (C=O) groups excluding carboxylic acids is 1. The second-order valence-electron chi connectivity index (χ2n) is 4.81. The Morgan fingerprint density at radius 1 is 1.43 bits per heavy atom. The molecule has 0 radical (unpaired) electrons. The Morgan fingerprint density at radius 2 is 2.17 bits per heavy atom. The van der Waals surface area contributed by atoms with Crippen LogP contribution in [0.2, 0.25) is 0 Å². The standard InChI is InChI=1S/C15H19N3O5/c1-3-9-12(14(20)17-10(8-19)15(21)22)18-7-5-6-11(23-4-2)13(18)16-9/h5-7,10,19H,3-4,8H2,1-2H3,(H,17,20)(H,21,22). The SMILES string of the molecule is CCOc1cccn2c(C(=O)NC(CO)C(=O)O)c(CC)nc12. The second kappa shape index (κ2) is 7.10. The molecule has 0 bridgehead atoms. The summed E-state index contributed by atoms with van der Waals surface area (Å²) in [5.74, 6) is -1.37. The lowest BCUT2D eigenvalue weighted by Gasteiger charge is -2.12. The van der Waals surface area contributed by atoms with Gasteiger partial charge >= 0.3 is 5.97 Å². The summed E-state index contributed by atoms with van der Waals surface area (Å²) in [5.41, 5.74) is 1.26. The molecule has 0 aliphatic carbocycles. The van der Waals surface area contributed by atoms with Crippen molar-refractivity contribution in [3.8, 4) is 5.75 Å². The van der Waals surface area contributed by atoms with Crippen LogP contribution in [0.25, 0.3) is 5.65 Å². The number of hydrogen-bond donors (Lipinski definition) is 3. The summed E-state index contributed by atoms with van der Waals surface area (Å²) in [7, 11) is 0. The summed E-state index contributed by atoms with van der Waals surface area (Å²) in [5, 5.41) is 20.3. The minimum absolute atomic E-state index is 0.240. The third-order valence-electron chi connectivity index (χ3n) is 3.32. The van der Waals surface area contributed by atoms with Crippen LogP contribution >= 0.6 is 0 Å². The fourth-order valence-electron chi connectivity index (χ4n) is 2.26. The maximum absolute atomic E-state index is 12.5. The predicted octanol–water partition coefficient (Wildman–Crippen LogP) is 0.471. The Bertz CT molecular complexity index is 725. The number of nitrogens with one attached hydrogen (secondary N) is 1. The van der Waals surface area contributed by atoms with Gasteiger partial charge in [0, 0.05) is 6.20 Å². The number of aliphatic hydroxyl groups is 1. The molecule has 1 amide bonds. The highest BCUT2D eigenvalue weighted by Crippen LogP contribution is 2.22. The molecule has 1 atom stereocenters. The maximum atomic E-state index is 12.5. The third-order valence-corrected chi connectivity index (χ3v) is 3.32. The molecule has 1 unspecified atom stereocenters. The third kappa shape index (κ3) is 3.26. The van der Waals surface area contributed by atoms with Crippen molar-refractivity contribution in [3.63, 3.8) is 0 Å². The van der Waals surface area contributed by atoms with Gasteiger partial charge in [-0.1, -0.05) is 6.92 Å². The highest BCUT2D eigenvalue weighted by Gasteiger charge is 2.25. The van der Waals surface area contributed by atoms with Gasteiger partial charge in [0.15, 0.2) is 17.4 Å². The van der Waals surface area contributed by atoms with Crippen molar-refractivity contribution in [2.75, 3.05) is 13.2 Å². The van der Waals surface area contributed by atoms with E-state index in [4.69, 9.17) is 14.9 Å². The number of fused-ring (bicyclic) bond motifs is 1. The fourth-order valence-corrected chi connectivity index (χ4v) is 2.26. The Balaban J connectivity index is 2.48. The number of hydrogen-bond acceptors (Lipinski definition) is 5. The molecule has 2 rings (SSSR count). The number of carboxylic acids is 1. The van der Waals surface area contributed by atoms with Crippen LogP contribution in [0.1, 0.15) is 30.0 Å². The van der Waals surface area contributed by atoms with Crippen LogP contribution in [0.15, 0.2) is 18.3 Å². The summed E-state index contributed by atoms with van der Waals surface area (Å²) in [6.07, 6.45) is 2.15. The molecule has 3 N–H and O–H groups in total. The summed E-state index contributed by atoms with van der Waals surface area (Å²) in [6, 6.07) is 2.10. The van der Waals surface area contributed by atoms with Crippen LogP contribution < -0.4 is 10.1 Å². The van der Waals surface area contributed by atoms with Gasteiger partial charge in [-0.3, -0.25) is 9.20 Å². The van der Waals surface area contributed by atoms with Crippen molar-refractivity contribution in [1.29, 1.82) is 0 Å². The Morgan fingerprint density at radius 3 is 2.74 bits per heavy atom. The highest BCUT2D eigenvalue weighted by molar-refractivity contribution is 5.97. The Kier molecular flexibility index (Phi) is 5.17. The second-order valence-corrected chi connectivity index (χ2v) is 4.81. The number of pyridine rings is 1. The number of carbonyl (C=O) groups is 2. The van der Waals surface area contributed by atoms with E-state index in [1.807, 2.05) is 13.8 Å². The lowest BCUT2D eigenvalue weighted by atomic mass is 10.2. The number of ether oxygens (including phenoxy) is 1. The van der Waals surface area contributed by atoms with Crippen LogP contribution in [0.5, 0.6) is 5.75 Å². The number of amides is 1. The van der Waals surface area contributed by atoms with Gasteiger partial charge in [0.2, 0.25) is 0 Å².